The summed E-state index contributed by atoms with van der Waals surface area (Å²) < 4.78 is 0. The van der Waals surface area contributed by atoms with E-state index in [0.717, 1.165) is 12.0 Å². The van der Waals surface area contributed by atoms with E-state index in [1.807, 2.05) is 12.1 Å². The molecule has 0 saturated heterocycles. The lowest BCUT2D eigenvalue weighted by atomic mass is 10.0. The molecule has 0 amide bonds. The van der Waals surface area contributed by atoms with E-state index in [2.05, 4.69) is 19.1 Å². The molecule has 0 aliphatic heterocycles. The fourth-order valence-corrected chi connectivity index (χ4v) is 3.11. The predicted octanol–water partition coefficient (Wildman–Crippen LogP) is 6.42. The summed E-state index contributed by atoms with van der Waals surface area (Å²) in [7, 11) is 0. The van der Waals surface area contributed by atoms with Crippen LogP contribution in [0.4, 0.5) is 0 Å². The van der Waals surface area contributed by atoms with Crippen molar-refractivity contribution in [1.29, 1.82) is 0 Å². The van der Waals surface area contributed by atoms with Crippen molar-refractivity contribution in [3.8, 4) is 0 Å². The van der Waals surface area contributed by atoms with Crippen molar-refractivity contribution >= 4 is 0 Å². The maximum absolute atomic E-state index is 9.31. The lowest BCUT2D eigenvalue weighted by Gasteiger charge is -2.07. The second-order valence-electron chi connectivity index (χ2n) is 6.57. The Hall–Kier alpha value is -0.820. The zero-order valence-electron chi connectivity index (χ0n) is 14.7. The van der Waals surface area contributed by atoms with Crippen LogP contribution in [0.2, 0.25) is 0 Å². The molecule has 0 fully saturated rings. The fraction of sp³-hybridized carbons (Fsp3) is 0.714. The Kier molecular flexibility index (Phi) is 12.1. The van der Waals surface area contributed by atoms with Crippen molar-refractivity contribution < 1.29 is 5.11 Å². The third-order valence-electron chi connectivity index (χ3n) is 4.59. The molecule has 0 saturated carbocycles. The van der Waals surface area contributed by atoms with Crippen LogP contribution in [-0.2, 0) is 13.0 Å². The molecule has 0 aliphatic carbocycles. The second kappa shape index (κ2) is 13.8. The molecule has 0 bridgehead atoms. The molecular formula is C21H36O. The minimum atomic E-state index is 0.175. The number of hydrogen-bond acceptors (Lipinski definition) is 1. The van der Waals surface area contributed by atoms with Crippen molar-refractivity contribution in [2.24, 2.45) is 0 Å². The van der Waals surface area contributed by atoms with Gasteiger partial charge in [-0.05, 0) is 24.0 Å². The van der Waals surface area contributed by atoms with Crippen LogP contribution in [0.1, 0.15) is 95.1 Å². The highest BCUT2D eigenvalue weighted by Gasteiger charge is 2.00. The molecule has 1 aromatic rings. The zero-order chi connectivity index (χ0) is 15.9. The summed E-state index contributed by atoms with van der Waals surface area (Å²) in [6, 6.07) is 8.28. The summed E-state index contributed by atoms with van der Waals surface area (Å²) in [6.45, 7) is 2.46. The van der Waals surface area contributed by atoms with Gasteiger partial charge in [-0.15, -0.1) is 0 Å². The molecule has 0 aliphatic rings. The van der Waals surface area contributed by atoms with E-state index in [0.29, 0.717) is 0 Å². The average Bonchev–Trinajstić information content (AvgIpc) is 2.56. The number of hydrogen-bond donors (Lipinski definition) is 1. The SMILES string of the molecule is CCCCCCCCCCCCCCc1ccccc1CO. The largest absolute Gasteiger partial charge is 0.392 e. The molecule has 126 valence electrons. The normalized spacial score (nSPS) is 11.0. The molecule has 22 heavy (non-hydrogen) atoms. The molecule has 0 atom stereocenters. The van der Waals surface area contributed by atoms with Crippen LogP contribution in [0.5, 0.6) is 0 Å². The first-order valence-corrected chi connectivity index (χ1v) is 9.56. The van der Waals surface area contributed by atoms with Crippen molar-refractivity contribution in [2.45, 2.75) is 97.0 Å². The van der Waals surface area contributed by atoms with Crippen LogP contribution in [0.15, 0.2) is 24.3 Å². The molecule has 1 N–H and O–H groups in total. The van der Waals surface area contributed by atoms with Crippen LogP contribution in [-0.4, -0.2) is 5.11 Å². The Balaban J connectivity index is 1.89. The smallest absolute Gasteiger partial charge is 0.0684 e. The van der Waals surface area contributed by atoms with Crippen LogP contribution in [0.25, 0.3) is 0 Å². The molecule has 0 spiro atoms. The van der Waals surface area contributed by atoms with Gasteiger partial charge in [-0.25, -0.2) is 0 Å². The van der Waals surface area contributed by atoms with Gasteiger partial charge in [0.15, 0.2) is 0 Å². The number of aliphatic hydroxyl groups excluding tert-OH is 1. The molecule has 1 aromatic carbocycles. The van der Waals surface area contributed by atoms with Crippen molar-refractivity contribution in [2.75, 3.05) is 0 Å². The van der Waals surface area contributed by atoms with Crippen LogP contribution >= 0.6 is 0 Å². The van der Waals surface area contributed by atoms with Gasteiger partial charge in [0.05, 0.1) is 6.61 Å². The summed E-state index contributed by atoms with van der Waals surface area (Å²) in [4.78, 5) is 0. The first-order chi connectivity index (χ1) is 10.9. The van der Waals surface area contributed by atoms with Crippen LogP contribution < -0.4 is 0 Å². The maximum atomic E-state index is 9.31. The second-order valence-corrected chi connectivity index (χ2v) is 6.57. The number of aliphatic hydroxyl groups is 1. The quantitative estimate of drug-likeness (QED) is 0.393. The Morgan fingerprint density at radius 3 is 1.59 bits per heavy atom. The Bertz CT molecular complexity index is 359. The number of benzene rings is 1. The van der Waals surface area contributed by atoms with E-state index in [1.165, 1.54) is 82.6 Å². The summed E-state index contributed by atoms with van der Waals surface area (Å²) in [5, 5.41) is 9.31. The Morgan fingerprint density at radius 2 is 1.09 bits per heavy atom. The standard InChI is InChI=1S/C21H36O/c1-2-3-4-5-6-7-8-9-10-11-12-13-16-20-17-14-15-18-21(20)19-22/h14-15,17-18,22H,2-13,16,19H2,1H3. The fourth-order valence-electron chi connectivity index (χ4n) is 3.11. The Morgan fingerprint density at radius 1 is 0.636 bits per heavy atom. The highest BCUT2D eigenvalue weighted by atomic mass is 16.3. The maximum Gasteiger partial charge on any atom is 0.0684 e. The summed E-state index contributed by atoms with van der Waals surface area (Å²) in [6.07, 6.45) is 17.9. The lowest BCUT2D eigenvalue weighted by molar-refractivity contribution is 0.280. The van der Waals surface area contributed by atoms with Gasteiger partial charge >= 0.3 is 0 Å². The van der Waals surface area contributed by atoms with E-state index in [-0.39, 0.29) is 6.61 Å². The molecule has 0 radical (unpaired) electrons. The van der Waals surface area contributed by atoms with E-state index in [1.54, 1.807) is 0 Å². The predicted molar refractivity (Wildman–Crippen MR) is 97.1 cm³/mol. The number of rotatable bonds is 14. The van der Waals surface area contributed by atoms with Gasteiger partial charge in [0.1, 0.15) is 0 Å². The summed E-state index contributed by atoms with van der Waals surface area (Å²) in [5.41, 5.74) is 2.43. The van der Waals surface area contributed by atoms with Crippen molar-refractivity contribution in [1.82, 2.24) is 0 Å². The van der Waals surface area contributed by atoms with Gasteiger partial charge in [-0.2, -0.15) is 0 Å². The van der Waals surface area contributed by atoms with Gasteiger partial charge in [0.2, 0.25) is 0 Å². The van der Waals surface area contributed by atoms with Crippen LogP contribution in [0.3, 0.4) is 0 Å². The highest BCUT2D eigenvalue weighted by molar-refractivity contribution is 5.26. The van der Waals surface area contributed by atoms with E-state index in [4.69, 9.17) is 0 Å². The third kappa shape index (κ3) is 9.25. The van der Waals surface area contributed by atoms with Crippen molar-refractivity contribution in [3.63, 3.8) is 0 Å². The monoisotopic (exact) mass is 304 g/mol. The molecule has 1 heteroatoms. The molecule has 1 nitrogen and oxygen atoms in total. The van der Waals surface area contributed by atoms with Gasteiger partial charge < -0.3 is 5.11 Å². The first kappa shape index (κ1) is 19.2. The molecule has 0 unspecified atom stereocenters. The van der Waals surface area contributed by atoms with E-state index < -0.39 is 0 Å². The van der Waals surface area contributed by atoms with Gasteiger partial charge in [-0.3, -0.25) is 0 Å². The average molecular weight is 305 g/mol. The summed E-state index contributed by atoms with van der Waals surface area (Å²) in [5.74, 6) is 0. The van der Waals surface area contributed by atoms with Gasteiger partial charge in [-0.1, -0.05) is 102 Å². The summed E-state index contributed by atoms with van der Waals surface area (Å²) >= 11 is 0. The van der Waals surface area contributed by atoms with Crippen molar-refractivity contribution in [3.05, 3.63) is 35.4 Å². The molecule has 1 rings (SSSR count). The molecule has 0 heterocycles. The number of aryl methyl sites for hydroxylation is 1. The molecule has 0 aromatic heterocycles. The third-order valence-corrected chi connectivity index (χ3v) is 4.59. The van der Waals surface area contributed by atoms with Crippen LogP contribution in [0, 0.1) is 0 Å². The lowest BCUT2D eigenvalue weighted by Crippen LogP contribution is -1.94. The number of unbranched alkanes of at least 4 members (excludes halogenated alkanes) is 11. The minimum absolute atomic E-state index is 0.175. The first-order valence-electron chi connectivity index (χ1n) is 9.56. The minimum Gasteiger partial charge on any atom is -0.392 e. The highest BCUT2D eigenvalue weighted by Crippen LogP contribution is 2.15. The van der Waals surface area contributed by atoms with Gasteiger partial charge in [0.25, 0.3) is 0 Å². The van der Waals surface area contributed by atoms with E-state index in [9.17, 15) is 5.11 Å². The van der Waals surface area contributed by atoms with E-state index >= 15 is 0 Å². The van der Waals surface area contributed by atoms with Gasteiger partial charge in [0, 0.05) is 0 Å². The Labute approximate surface area is 138 Å². The topological polar surface area (TPSA) is 20.2 Å². The zero-order valence-corrected chi connectivity index (χ0v) is 14.7. The molecular weight excluding hydrogens is 268 g/mol.